The number of imidazole rings is 1. The Kier molecular flexibility index (Phi) is 1.16. The zero-order valence-electron chi connectivity index (χ0n) is 7.16. The second kappa shape index (κ2) is 2.22. The third-order valence-corrected chi connectivity index (χ3v) is 2.31. The summed E-state index contributed by atoms with van der Waals surface area (Å²) in [4.78, 5) is 25.1. The maximum atomic E-state index is 11.6. The molecule has 1 aliphatic carbocycles. The number of aromatic amines is 2. The summed E-state index contributed by atoms with van der Waals surface area (Å²) in [6.45, 7) is 0. The van der Waals surface area contributed by atoms with Crippen molar-refractivity contribution in [3.05, 3.63) is 28.1 Å². The van der Waals surface area contributed by atoms with Crippen molar-refractivity contribution in [2.45, 2.75) is 6.42 Å². The Morgan fingerprint density at radius 2 is 2.36 bits per heavy atom. The molecular weight excluding hydrogens is 182 g/mol. The van der Waals surface area contributed by atoms with Gasteiger partial charge in [0.1, 0.15) is 0 Å². The van der Waals surface area contributed by atoms with Gasteiger partial charge in [0.05, 0.1) is 23.3 Å². The van der Waals surface area contributed by atoms with Gasteiger partial charge in [-0.1, -0.05) is 0 Å². The lowest BCUT2D eigenvalue weighted by Crippen LogP contribution is -2.14. The van der Waals surface area contributed by atoms with E-state index in [1.165, 1.54) is 0 Å². The molecule has 0 saturated heterocycles. The molecule has 0 amide bonds. The molecule has 0 spiro atoms. The molecule has 3 rings (SSSR count). The number of aromatic nitrogens is 4. The van der Waals surface area contributed by atoms with Crippen LogP contribution in [-0.2, 0) is 6.42 Å². The molecular formula is C8H7N5O. The van der Waals surface area contributed by atoms with E-state index < -0.39 is 0 Å². The van der Waals surface area contributed by atoms with Crippen LogP contribution in [0.25, 0.3) is 11.3 Å². The standard InChI is InChI=1S/C8H7N5O/c9-8-12-3-1-4-6(11-2-10-4)5(3)7(14)13-8/h2H,1H2,(H,10,11)(H3,9,12,13,14). The lowest BCUT2D eigenvalue weighted by atomic mass is 10.2. The first-order valence-corrected chi connectivity index (χ1v) is 4.17. The molecule has 6 heteroatoms. The highest BCUT2D eigenvalue weighted by molar-refractivity contribution is 5.69. The van der Waals surface area contributed by atoms with Crippen LogP contribution in [-0.4, -0.2) is 19.9 Å². The van der Waals surface area contributed by atoms with E-state index in [-0.39, 0.29) is 11.5 Å². The number of fused-ring (bicyclic) bond motifs is 3. The minimum atomic E-state index is -0.224. The topological polar surface area (TPSA) is 100 Å². The number of hydrogen-bond acceptors (Lipinski definition) is 4. The van der Waals surface area contributed by atoms with Crippen molar-refractivity contribution in [2.75, 3.05) is 5.73 Å². The fourth-order valence-electron chi connectivity index (χ4n) is 1.75. The molecule has 0 unspecified atom stereocenters. The first kappa shape index (κ1) is 7.31. The Morgan fingerprint density at radius 3 is 3.21 bits per heavy atom. The molecule has 2 aromatic rings. The maximum Gasteiger partial charge on any atom is 0.262 e. The van der Waals surface area contributed by atoms with Crippen LogP contribution >= 0.6 is 0 Å². The Bertz CT molecular complexity index is 567. The molecule has 4 N–H and O–H groups in total. The molecule has 14 heavy (non-hydrogen) atoms. The van der Waals surface area contributed by atoms with Crippen LogP contribution in [0.5, 0.6) is 0 Å². The molecule has 2 aromatic heterocycles. The van der Waals surface area contributed by atoms with Crippen LogP contribution in [0.1, 0.15) is 11.4 Å². The van der Waals surface area contributed by atoms with Gasteiger partial charge in [0.2, 0.25) is 5.95 Å². The highest BCUT2D eigenvalue weighted by Crippen LogP contribution is 2.29. The summed E-state index contributed by atoms with van der Waals surface area (Å²) >= 11 is 0. The molecule has 2 heterocycles. The van der Waals surface area contributed by atoms with Crippen LogP contribution in [0, 0.1) is 0 Å². The zero-order valence-corrected chi connectivity index (χ0v) is 7.16. The lowest BCUT2D eigenvalue weighted by Gasteiger charge is -1.97. The van der Waals surface area contributed by atoms with Crippen molar-refractivity contribution in [1.29, 1.82) is 0 Å². The number of nitrogens with one attached hydrogen (secondary N) is 2. The van der Waals surface area contributed by atoms with E-state index in [2.05, 4.69) is 19.9 Å². The smallest absolute Gasteiger partial charge is 0.262 e. The Hall–Kier alpha value is -2.11. The fraction of sp³-hybridized carbons (Fsp3) is 0.125. The number of nitrogen functional groups attached to an aromatic ring is 1. The average Bonchev–Trinajstić information content (AvgIpc) is 2.60. The SMILES string of the molecule is Nc1nc2c(c(=O)[nH]1)-c1nc[nH]c1C2. The van der Waals surface area contributed by atoms with Crippen molar-refractivity contribution in [2.24, 2.45) is 0 Å². The highest BCUT2D eigenvalue weighted by atomic mass is 16.1. The van der Waals surface area contributed by atoms with Crippen LogP contribution < -0.4 is 11.3 Å². The second-order valence-corrected chi connectivity index (χ2v) is 3.18. The van der Waals surface area contributed by atoms with Crippen molar-refractivity contribution < 1.29 is 0 Å². The molecule has 0 atom stereocenters. The summed E-state index contributed by atoms with van der Waals surface area (Å²) in [5, 5.41) is 0. The van der Waals surface area contributed by atoms with Crippen LogP contribution in [0.15, 0.2) is 11.1 Å². The predicted molar refractivity (Wildman–Crippen MR) is 49.7 cm³/mol. The van der Waals surface area contributed by atoms with Gasteiger partial charge < -0.3 is 10.7 Å². The van der Waals surface area contributed by atoms with Crippen molar-refractivity contribution >= 4 is 5.95 Å². The van der Waals surface area contributed by atoms with Crippen molar-refractivity contribution in [1.82, 2.24) is 19.9 Å². The maximum absolute atomic E-state index is 11.6. The van der Waals surface area contributed by atoms with E-state index >= 15 is 0 Å². The van der Waals surface area contributed by atoms with Crippen molar-refractivity contribution in [3.8, 4) is 11.3 Å². The van der Waals surface area contributed by atoms with Gasteiger partial charge in [-0.3, -0.25) is 9.78 Å². The Labute approximate surface area is 78.2 Å². The van der Waals surface area contributed by atoms with Gasteiger partial charge in [0.15, 0.2) is 0 Å². The largest absolute Gasteiger partial charge is 0.369 e. The molecule has 0 bridgehead atoms. The molecule has 6 nitrogen and oxygen atoms in total. The normalized spacial score (nSPS) is 12.6. The highest BCUT2D eigenvalue weighted by Gasteiger charge is 2.25. The van der Waals surface area contributed by atoms with Crippen LogP contribution in [0.4, 0.5) is 5.95 Å². The summed E-state index contributed by atoms with van der Waals surface area (Å²) in [5.41, 5.74) is 8.06. The monoisotopic (exact) mass is 189 g/mol. The number of hydrogen-bond donors (Lipinski definition) is 3. The van der Waals surface area contributed by atoms with Crippen molar-refractivity contribution in [3.63, 3.8) is 0 Å². The van der Waals surface area contributed by atoms with Gasteiger partial charge in [-0.2, -0.15) is 0 Å². The minimum absolute atomic E-state index is 0.152. The number of rotatable bonds is 0. The molecule has 0 aliphatic heterocycles. The zero-order chi connectivity index (χ0) is 9.71. The third-order valence-electron chi connectivity index (χ3n) is 2.31. The van der Waals surface area contributed by atoms with Gasteiger partial charge >= 0.3 is 0 Å². The summed E-state index contributed by atoms with van der Waals surface area (Å²) in [7, 11) is 0. The van der Waals surface area contributed by atoms with Gasteiger partial charge in [-0.15, -0.1) is 0 Å². The quantitative estimate of drug-likeness (QED) is 0.449. The molecule has 0 radical (unpaired) electrons. The van der Waals surface area contributed by atoms with E-state index in [4.69, 9.17) is 5.73 Å². The first-order chi connectivity index (χ1) is 6.75. The summed E-state index contributed by atoms with van der Waals surface area (Å²) in [5.74, 6) is 0.152. The summed E-state index contributed by atoms with van der Waals surface area (Å²) < 4.78 is 0. The molecule has 0 fully saturated rings. The van der Waals surface area contributed by atoms with E-state index in [0.29, 0.717) is 23.4 Å². The lowest BCUT2D eigenvalue weighted by molar-refractivity contribution is 1.03. The van der Waals surface area contributed by atoms with Gasteiger partial charge in [0, 0.05) is 12.1 Å². The molecule has 0 aromatic carbocycles. The number of H-pyrrole nitrogens is 2. The summed E-state index contributed by atoms with van der Waals surface area (Å²) in [6.07, 6.45) is 2.17. The van der Waals surface area contributed by atoms with E-state index in [1.807, 2.05) is 0 Å². The van der Waals surface area contributed by atoms with Crippen LogP contribution in [0.3, 0.4) is 0 Å². The van der Waals surface area contributed by atoms with Gasteiger partial charge in [0.25, 0.3) is 5.56 Å². The van der Waals surface area contributed by atoms with E-state index in [0.717, 1.165) is 5.69 Å². The molecule has 1 aliphatic rings. The minimum Gasteiger partial charge on any atom is -0.369 e. The Balaban J connectivity index is 2.40. The number of nitrogens with zero attached hydrogens (tertiary/aromatic N) is 2. The fourth-order valence-corrected chi connectivity index (χ4v) is 1.75. The average molecular weight is 189 g/mol. The summed E-state index contributed by atoms with van der Waals surface area (Å²) in [6, 6.07) is 0. The van der Waals surface area contributed by atoms with Gasteiger partial charge in [-0.05, 0) is 0 Å². The molecule has 0 saturated carbocycles. The van der Waals surface area contributed by atoms with Gasteiger partial charge in [-0.25, -0.2) is 9.97 Å². The first-order valence-electron chi connectivity index (χ1n) is 4.17. The third kappa shape index (κ3) is 0.769. The van der Waals surface area contributed by atoms with E-state index in [9.17, 15) is 4.79 Å². The number of anilines is 1. The van der Waals surface area contributed by atoms with Crippen LogP contribution in [0.2, 0.25) is 0 Å². The second-order valence-electron chi connectivity index (χ2n) is 3.18. The number of nitrogens with two attached hydrogens (primary N) is 1. The predicted octanol–water partition coefficient (Wildman–Crippen LogP) is -0.354. The molecule has 70 valence electrons. The van der Waals surface area contributed by atoms with E-state index in [1.54, 1.807) is 6.33 Å². The Morgan fingerprint density at radius 1 is 1.50 bits per heavy atom.